The molecule has 158 valence electrons. The van der Waals surface area contributed by atoms with Crippen LogP contribution in [-0.2, 0) is 9.53 Å². The van der Waals surface area contributed by atoms with Crippen LogP contribution in [0.5, 0.6) is 0 Å². The summed E-state index contributed by atoms with van der Waals surface area (Å²) in [7, 11) is 0. The molecule has 0 bridgehead atoms. The van der Waals surface area contributed by atoms with E-state index in [0.29, 0.717) is 17.4 Å². The fourth-order valence-electron chi connectivity index (χ4n) is 3.97. The minimum Gasteiger partial charge on any atom is -0.449 e. The van der Waals surface area contributed by atoms with Crippen LogP contribution in [0.25, 0.3) is 0 Å². The van der Waals surface area contributed by atoms with E-state index in [0.717, 1.165) is 12.8 Å². The molecular weight excluding hydrogens is 378 g/mol. The molecule has 0 aliphatic heterocycles. The van der Waals surface area contributed by atoms with Crippen molar-refractivity contribution in [2.45, 2.75) is 52.2 Å². The summed E-state index contributed by atoms with van der Waals surface area (Å²) in [5.74, 6) is -0.304. The summed E-state index contributed by atoms with van der Waals surface area (Å²) >= 11 is 0. The van der Waals surface area contributed by atoms with Crippen molar-refractivity contribution in [2.24, 2.45) is 11.8 Å². The lowest BCUT2D eigenvalue weighted by molar-refractivity contribution is -0.130. The number of hydrogen-bond donors (Lipinski definition) is 1. The molecule has 30 heavy (non-hydrogen) atoms. The molecule has 0 spiro atoms. The zero-order valence-corrected chi connectivity index (χ0v) is 17.8. The summed E-state index contributed by atoms with van der Waals surface area (Å²) in [6, 6.07) is 15.4. The van der Waals surface area contributed by atoms with Crippen LogP contribution in [0.3, 0.4) is 0 Å². The molecule has 5 nitrogen and oxygen atoms in total. The number of benzene rings is 2. The van der Waals surface area contributed by atoms with Gasteiger partial charge in [0.15, 0.2) is 11.9 Å². The SMILES string of the molecule is C[C@@H]1[C@H](C)CCC[C@@H]1NC(=O)[C@@H](C)OC(=O)c1ccccc1C(=O)c1ccccc1. The minimum atomic E-state index is -0.943. The molecule has 1 N–H and O–H groups in total. The summed E-state index contributed by atoms with van der Waals surface area (Å²) in [6.45, 7) is 5.91. The van der Waals surface area contributed by atoms with Crippen LogP contribution in [0, 0.1) is 11.8 Å². The van der Waals surface area contributed by atoms with Crippen molar-refractivity contribution in [1.82, 2.24) is 5.32 Å². The standard InChI is InChI=1S/C25H29NO4/c1-16-10-9-15-22(17(16)2)26-24(28)18(3)30-25(29)21-14-8-7-13-20(21)23(27)19-11-5-4-6-12-19/h4-8,11-14,16-18,22H,9-10,15H2,1-3H3,(H,26,28)/t16-,17-,18-,22+/m1/s1. The first-order valence-electron chi connectivity index (χ1n) is 10.6. The smallest absolute Gasteiger partial charge is 0.339 e. The highest BCUT2D eigenvalue weighted by Gasteiger charge is 2.30. The monoisotopic (exact) mass is 407 g/mol. The molecular formula is C25H29NO4. The Morgan fingerprint density at radius 3 is 2.27 bits per heavy atom. The van der Waals surface area contributed by atoms with Gasteiger partial charge in [-0.3, -0.25) is 9.59 Å². The van der Waals surface area contributed by atoms with Gasteiger partial charge in [0.05, 0.1) is 5.56 Å². The predicted octanol–water partition coefficient (Wildman–Crippen LogP) is 4.40. The maximum absolute atomic E-state index is 12.8. The van der Waals surface area contributed by atoms with Crippen LogP contribution in [0.15, 0.2) is 54.6 Å². The maximum atomic E-state index is 12.8. The molecule has 0 heterocycles. The van der Waals surface area contributed by atoms with Crippen molar-refractivity contribution >= 4 is 17.7 Å². The molecule has 1 aliphatic carbocycles. The molecule has 4 atom stereocenters. The predicted molar refractivity (Wildman–Crippen MR) is 115 cm³/mol. The van der Waals surface area contributed by atoms with Gasteiger partial charge in [0.25, 0.3) is 5.91 Å². The lowest BCUT2D eigenvalue weighted by atomic mass is 9.78. The Morgan fingerprint density at radius 2 is 1.57 bits per heavy atom. The van der Waals surface area contributed by atoms with E-state index in [1.807, 2.05) is 6.07 Å². The average Bonchev–Trinajstić information content (AvgIpc) is 2.76. The average molecular weight is 408 g/mol. The fraction of sp³-hybridized carbons (Fsp3) is 0.400. The molecule has 1 saturated carbocycles. The molecule has 5 heteroatoms. The summed E-state index contributed by atoms with van der Waals surface area (Å²) in [5.41, 5.74) is 0.908. The summed E-state index contributed by atoms with van der Waals surface area (Å²) in [4.78, 5) is 38.2. The van der Waals surface area contributed by atoms with Crippen LogP contribution in [-0.4, -0.2) is 29.8 Å². The second kappa shape index (κ2) is 9.70. The Balaban J connectivity index is 1.68. The van der Waals surface area contributed by atoms with Crippen molar-refractivity contribution in [1.29, 1.82) is 0 Å². The maximum Gasteiger partial charge on any atom is 0.339 e. The van der Waals surface area contributed by atoms with Crippen LogP contribution in [0.2, 0.25) is 0 Å². The number of carbonyl (C=O) groups is 3. The molecule has 1 aliphatic rings. The third-order valence-electron chi connectivity index (χ3n) is 6.12. The normalized spacial score (nSPS) is 22.0. The van der Waals surface area contributed by atoms with Gasteiger partial charge < -0.3 is 10.1 Å². The Labute approximate surface area is 177 Å². The second-order valence-corrected chi connectivity index (χ2v) is 8.17. The number of carbonyl (C=O) groups excluding carboxylic acids is 3. The van der Waals surface area contributed by atoms with Gasteiger partial charge in [-0.15, -0.1) is 0 Å². The highest BCUT2D eigenvalue weighted by Crippen LogP contribution is 2.29. The molecule has 0 aromatic heterocycles. The van der Waals surface area contributed by atoms with E-state index in [9.17, 15) is 14.4 Å². The van der Waals surface area contributed by atoms with Crippen molar-refractivity contribution in [3.05, 3.63) is 71.3 Å². The van der Waals surface area contributed by atoms with Gasteiger partial charge in [0.1, 0.15) is 0 Å². The zero-order valence-electron chi connectivity index (χ0n) is 17.8. The molecule has 0 radical (unpaired) electrons. The van der Waals surface area contributed by atoms with E-state index < -0.39 is 12.1 Å². The van der Waals surface area contributed by atoms with E-state index >= 15 is 0 Å². The molecule has 0 saturated heterocycles. The Kier molecular flexibility index (Phi) is 7.03. The number of hydrogen-bond acceptors (Lipinski definition) is 4. The number of esters is 1. The van der Waals surface area contributed by atoms with Gasteiger partial charge in [-0.1, -0.05) is 75.2 Å². The van der Waals surface area contributed by atoms with Crippen LogP contribution in [0.1, 0.15) is 66.3 Å². The Morgan fingerprint density at radius 1 is 0.933 bits per heavy atom. The first-order valence-corrected chi connectivity index (χ1v) is 10.6. The van der Waals surface area contributed by atoms with Crippen molar-refractivity contribution < 1.29 is 19.1 Å². The topological polar surface area (TPSA) is 72.5 Å². The summed E-state index contributed by atoms with van der Waals surface area (Å²) in [5, 5.41) is 3.04. The van der Waals surface area contributed by atoms with Crippen molar-refractivity contribution in [2.75, 3.05) is 0 Å². The van der Waals surface area contributed by atoms with Crippen LogP contribution < -0.4 is 5.32 Å². The number of ether oxygens (including phenoxy) is 1. The van der Waals surface area contributed by atoms with Gasteiger partial charge in [-0.25, -0.2) is 4.79 Å². The summed E-state index contributed by atoms with van der Waals surface area (Å²) in [6.07, 6.45) is 2.25. The van der Waals surface area contributed by atoms with Gasteiger partial charge in [-0.2, -0.15) is 0 Å². The first kappa shape index (κ1) is 21.8. The minimum absolute atomic E-state index is 0.0920. The third kappa shape index (κ3) is 4.96. The van der Waals surface area contributed by atoms with Gasteiger partial charge in [0.2, 0.25) is 0 Å². The van der Waals surface area contributed by atoms with Crippen LogP contribution in [0.4, 0.5) is 0 Å². The fourth-order valence-corrected chi connectivity index (χ4v) is 3.97. The number of ketones is 1. The molecule has 1 amide bonds. The van der Waals surface area contributed by atoms with Gasteiger partial charge in [0, 0.05) is 17.2 Å². The summed E-state index contributed by atoms with van der Waals surface area (Å²) < 4.78 is 5.43. The second-order valence-electron chi connectivity index (χ2n) is 8.17. The largest absolute Gasteiger partial charge is 0.449 e. The lowest BCUT2D eigenvalue weighted by Gasteiger charge is -2.35. The van der Waals surface area contributed by atoms with Gasteiger partial charge in [-0.05, 0) is 31.2 Å². The van der Waals surface area contributed by atoms with E-state index in [1.165, 1.54) is 6.42 Å². The quantitative estimate of drug-likeness (QED) is 0.569. The van der Waals surface area contributed by atoms with Crippen molar-refractivity contribution in [3.8, 4) is 0 Å². The number of amides is 1. The van der Waals surface area contributed by atoms with E-state index in [-0.39, 0.29) is 28.9 Å². The zero-order chi connectivity index (χ0) is 21.7. The first-order chi connectivity index (χ1) is 14.4. The van der Waals surface area contributed by atoms with Gasteiger partial charge >= 0.3 is 5.97 Å². The molecule has 0 unspecified atom stereocenters. The molecule has 2 aromatic carbocycles. The highest BCUT2D eigenvalue weighted by atomic mass is 16.5. The molecule has 3 rings (SSSR count). The van der Waals surface area contributed by atoms with E-state index in [2.05, 4.69) is 19.2 Å². The third-order valence-corrected chi connectivity index (χ3v) is 6.12. The number of rotatable bonds is 6. The van der Waals surface area contributed by atoms with E-state index in [4.69, 9.17) is 4.74 Å². The molecule has 1 fully saturated rings. The van der Waals surface area contributed by atoms with Crippen molar-refractivity contribution in [3.63, 3.8) is 0 Å². The Bertz CT molecular complexity index is 908. The lowest BCUT2D eigenvalue weighted by Crippen LogP contribution is -2.47. The Hall–Kier alpha value is -2.95. The molecule has 2 aromatic rings. The number of nitrogens with one attached hydrogen (secondary N) is 1. The van der Waals surface area contributed by atoms with Crippen LogP contribution >= 0.6 is 0 Å². The van der Waals surface area contributed by atoms with E-state index in [1.54, 1.807) is 55.5 Å². The highest BCUT2D eigenvalue weighted by molar-refractivity contribution is 6.14.